The summed E-state index contributed by atoms with van der Waals surface area (Å²) < 4.78 is 0. The fraction of sp³-hybridized carbons (Fsp3) is 0.727. The zero-order valence-electron chi connectivity index (χ0n) is 8.42. The molecule has 0 aromatic heterocycles. The molecule has 0 saturated carbocycles. The Morgan fingerprint density at radius 2 is 2.38 bits per heavy atom. The average molecular weight is 179 g/mol. The molecule has 1 amide bonds. The van der Waals surface area contributed by atoms with Gasteiger partial charge in [0.15, 0.2) is 0 Å². The number of amides is 1. The van der Waals surface area contributed by atoms with Gasteiger partial charge in [0.2, 0.25) is 5.91 Å². The van der Waals surface area contributed by atoms with E-state index < -0.39 is 0 Å². The molecule has 1 rings (SSSR count). The third-order valence-corrected chi connectivity index (χ3v) is 2.78. The van der Waals surface area contributed by atoms with Crippen LogP contribution in [0.2, 0.25) is 0 Å². The van der Waals surface area contributed by atoms with Crippen LogP contribution in [0.5, 0.6) is 0 Å². The molecule has 2 heteroatoms. The number of piperidine rings is 1. The fourth-order valence-corrected chi connectivity index (χ4v) is 1.75. The fourth-order valence-electron chi connectivity index (χ4n) is 1.75. The minimum atomic E-state index is 0.225. The lowest BCUT2D eigenvalue weighted by atomic mass is 9.86. The number of rotatable bonds is 2. The molecule has 0 radical (unpaired) electrons. The van der Waals surface area contributed by atoms with E-state index in [0.29, 0.717) is 24.8 Å². The van der Waals surface area contributed by atoms with Crippen molar-refractivity contribution in [3.05, 3.63) is 0 Å². The molecule has 1 fully saturated rings. The molecule has 13 heavy (non-hydrogen) atoms. The molecular weight excluding hydrogens is 162 g/mol. The van der Waals surface area contributed by atoms with Crippen LogP contribution in [-0.2, 0) is 4.79 Å². The molecule has 1 saturated heterocycles. The van der Waals surface area contributed by atoms with Gasteiger partial charge in [0.05, 0.1) is 6.54 Å². The standard InChI is InChI=1S/C11H17NO/c1-4-6-12-7-5-10(9(2)3)8-11(12)13/h1,9-10H,5-8H2,2-3H3. The molecular formula is C11H17NO. The smallest absolute Gasteiger partial charge is 0.223 e. The van der Waals surface area contributed by atoms with Gasteiger partial charge in [-0.05, 0) is 18.3 Å². The van der Waals surface area contributed by atoms with Crippen LogP contribution in [0.15, 0.2) is 0 Å². The minimum absolute atomic E-state index is 0.225. The summed E-state index contributed by atoms with van der Waals surface area (Å²) in [4.78, 5) is 13.3. The molecule has 1 aliphatic rings. The first-order valence-corrected chi connectivity index (χ1v) is 4.86. The molecule has 0 aromatic rings. The number of hydrogen-bond donors (Lipinski definition) is 0. The van der Waals surface area contributed by atoms with Crippen LogP contribution < -0.4 is 0 Å². The van der Waals surface area contributed by atoms with Crippen LogP contribution in [0.1, 0.15) is 26.7 Å². The van der Waals surface area contributed by atoms with E-state index in [9.17, 15) is 4.79 Å². The van der Waals surface area contributed by atoms with Gasteiger partial charge in [-0.1, -0.05) is 19.8 Å². The van der Waals surface area contributed by atoms with Crippen LogP contribution in [-0.4, -0.2) is 23.9 Å². The summed E-state index contributed by atoms with van der Waals surface area (Å²) in [5, 5.41) is 0. The van der Waals surface area contributed by atoms with Crippen LogP contribution in [0, 0.1) is 24.2 Å². The molecule has 0 spiro atoms. The quantitative estimate of drug-likeness (QED) is 0.588. The van der Waals surface area contributed by atoms with E-state index in [1.165, 1.54) is 0 Å². The highest BCUT2D eigenvalue weighted by atomic mass is 16.2. The van der Waals surface area contributed by atoms with Gasteiger partial charge in [-0.15, -0.1) is 6.42 Å². The van der Waals surface area contributed by atoms with E-state index in [1.807, 2.05) is 0 Å². The zero-order valence-corrected chi connectivity index (χ0v) is 8.42. The van der Waals surface area contributed by atoms with E-state index >= 15 is 0 Å². The Bertz CT molecular complexity index is 227. The first-order valence-electron chi connectivity index (χ1n) is 4.86. The van der Waals surface area contributed by atoms with Gasteiger partial charge < -0.3 is 4.90 Å². The van der Waals surface area contributed by atoms with Gasteiger partial charge in [0.25, 0.3) is 0 Å². The van der Waals surface area contributed by atoms with E-state index in [0.717, 1.165) is 13.0 Å². The Kier molecular flexibility index (Phi) is 3.36. The summed E-state index contributed by atoms with van der Waals surface area (Å²) in [5.74, 6) is 3.91. The number of carbonyl (C=O) groups excluding carboxylic acids is 1. The van der Waals surface area contributed by atoms with E-state index in [-0.39, 0.29) is 5.91 Å². The second-order valence-corrected chi connectivity index (χ2v) is 4.02. The molecule has 1 atom stereocenters. The number of carbonyl (C=O) groups is 1. The Hall–Kier alpha value is -0.970. The van der Waals surface area contributed by atoms with Crippen molar-refractivity contribution in [2.75, 3.05) is 13.1 Å². The summed E-state index contributed by atoms with van der Waals surface area (Å²) in [7, 11) is 0. The van der Waals surface area contributed by atoms with E-state index in [2.05, 4.69) is 19.8 Å². The second-order valence-electron chi connectivity index (χ2n) is 4.02. The molecule has 2 nitrogen and oxygen atoms in total. The van der Waals surface area contributed by atoms with Crippen molar-refractivity contribution in [3.8, 4) is 12.3 Å². The van der Waals surface area contributed by atoms with Crippen molar-refractivity contribution in [2.45, 2.75) is 26.7 Å². The molecule has 0 bridgehead atoms. The maximum atomic E-state index is 11.5. The van der Waals surface area contributed by atoms with Gasteiger partial charge in [-0.2, -0.15) is 0 Å². The lowest BCUT2D eigenvalue weighted by Crippen LogP contribution is -2.40. The SMILES string of the molecule is C#CCN1CCC(C(C)C)CC1=O. The summed E-state index contributed by atoms with van der Waals surface area (Å²) in [5.41, 5.74) is 0. The highest BCUT2D eigenvalue weighted by Crippen LogP contribution is 2.24. The maximum absolute atomic E-state index is 11.5. The largest absolute Gasteiger partial charge is 0.332 e. The summed E-state index contributed by atoms with van der Waals surface area (Å²) in [6, 6.07) is 0. The third-order valence-electron chi connectivity index (χ3n) is 2.78. The Morgan fingerprint density at radius 3 is 2.85 bits per heavy atom. The number of likely N-dealkylation sites (tertiary alicyclic amines) is 1. The summed E-state index contributed by atoms with van der Waals surface area (Å²) >= 11 is 0. The minimum Gasteiger partial charge on any atom is -0.332 e. The first kappa shape index (κ1) is 10.1. The van der Waals surface area contributed by atoms with Crippen LogP contribution >= 0.6 is 0 Å². The normalized spacial score (nSPS) is 23.4. The lowest BCUT2D eigenvalue weighted by molar-refractivity contribution is -0.134. The van der Waals surface area contributed by atoms with Crippen LogP contribution in [0.3, 0.4) is 0 Å². The number of nitrogens with zero attached hydrogens (tertiary/aromatic N) is 1. The molecule has 0 aliphatic carbocycles. The number of terminal acetylenes is 1. The Balaban J connectivity index is 2.48. The topological polar surface area (TPSA) is 20.3 Å². The third kappa shape index (κ3) is 2.48. The monoisotopic (exact) mass is 179 g/mol. The van der Waals surface area contributed by atoms with Crippen molar-refractivity contribution in [1.29, 1.82) is 0 Å². The van der Waals surface area contributed by atoms with Gasteiger partial charge in [-0.3, -0.25) is 4.79 Å². The van der Waals surface area contributed by atoms with Crippen LogP contribution in [0.4, 0.5) is 0 Å². The second kappa shape index (κ2) is 4.32. The van der Waals surface area contributed by atoms with Crippen molar-refractivity contribution < 1.29 is 4.79 Å². The molecule has 0 N–H and O–H groups in total. The van der Waals surface area contributed by atoms with Gasteiger partial charge in [0.1, 0.15) is 0 Å². The van der Waals surface area contributed by atoms with Gasteiger partial charge >= 0.3 is 0 Å². The average Bonchev–Trinajstić information content (AvgIpc) is 2.08. The predicted octanol–water partition coefficient (Wildman–Crippen LogP) is 1.51. The van der Waals surface area contributed by atoms with Gasteiger partial charge in [0, 0.05) is 13.0 Å². The van der Waals surface area contributed by atoms with Crippen molar-refractivity contribution in [2.24, 2.45) is 11.8 Å². The summed E-state index contributed by atoms with van der Waals surface area (Å²) in [6.45, 7) is 5.67. The molecule has 1 heterocycles. The maximum Gasteiger partial charge on any atom is 0.223 e. The van der Waals surface area contributed by atoms with Crippen molar-refractivity contribution in [3.63, 3.8) is 0 Å². The van der Waals surface area contributed by atoms with Crippen LogP contribution in [0.25, 0.3) is 0 Å². The molecule has 0 aromatic carbocycles. The van der Waals surface area contributed by atoms with E-state index in [4.69, 9.17) is 6.42 Å². The lowest BCUT2D eigenvalue weighted by Gasteiger charge is -2.32. The number of hydrogen-bond acceptors (Lipinski definition) is 1. The van der Waals surface area contributed by atoms with E-state index in [1.54, 1.807) is 4.90 Å². The summed E-state index contributed by atoms with van der Waals surface area (Å²) in [6.07, 6.45) is 6.95. The zero-order chi connectivity index (χ0) is 9.84. The van der Waals surface area contributed by atoms with Gasteiger partial charge in [-0.25, -0.2) is 0 Å². The molecule has 72 valence electrons. The highest BCUT2D eigenvalue weighted by Gasteiger charge is 2.26. The highest BCUT2D eigenvalue weighted by molar-refractivity contribution is 5.77. The Morgan fingerprint density at radius 1 is 1.69 bits per heavy atom. The van der Waals surface area contributed by atoms with Crippen molar-refractivity contribution >= 4 is 5.91 Å². The molecule has 1 aliphatic heterocycles. The van der Waals surface area contributed by atoms with Crippen molar-refractivity contribution in [1.82, 2.24) is 4.90 Å². The Labute approximate surface area is 80.3 Å². The predicted molar refractivity (Wildman–Crippen MR) is 53.0 cm³/mol. The first-order chi connectivity index (χ1) is 6.15. The molecule has 1 unspecified atom stereocenters.